The van der Waals surface area contributed by atoms with Crippen molar-refractivity contribution in [3.63, 3.8) is 0 Å². The highest BCUT2D eigenvalue weighted by atomic mass is 31.2. The Morgan fingerprint density at radius 1 is 0.552 bits per heavy atom. The van der Waals surface area contributed by atoms with Crippen LogP contribution in [0.2, 0.25) is 0 Å². The van der Waals surface area contributed by atoms with Crippen molar-refractivity contribution in [2.75, 3.05) is 26.4 Å². The van der Waals surface area contributed by atoms with E-state index in [4.69, 9.17) is 18.5 Å². The number of hydrogen-bond donors (Lipinski definition) is 2. The molecule has 0 aliphatic carbocycles. The fraction of sp³-hybridized carbons (Fsp3) is 0.826. The van der Waals surface area contributed by atoms with Gasteiger partial charge in [-0.15, -0.1) is 0 Å². The molecule has 0 spiro atoms. The third-order valence-corrected chi connectivity index (χ3v) is 10.8. The SMILES string of the molecule is CCCCCCCC/C=C\CCCCCCCC(=O)OC[C@H](COP(=O)(O)OCCNC(=O)CCC(C)=O)OC(=O)CCCCCCC/C=C\CCCCCCCC. The summed E-state index contributed by atoms with van der Waals surface area (Å²) in [5.41, 5.74) is 0. The molecule has 0 aromatic rings. The number of amides is 1. The fourth-order valence-corrected chi connectivity index (χ4v) is 6.99. The zero-order chi connectivity index (χ0) is 42.8. The van der Waals surface area contributed by atoms with Crippen molar-refractivity contribution < 1.29 is 47.2 Å². The first-order valence-electron chi connectivity index (χ1n) is 23.1. The minimum Gasteiger partial charge on any atom is -0.462 e. The fourth-order valence-electron chi connectivity index (χ4n) is 6.24. The number of allylic oxidation sites excluding steroid dienone is 4. The molecular formula is C46H84NO10P. The number of ether oxygens (including phenoxy) is 2. The maximum atomic E-state index is 12.7. The number of ketones is 1. The minimum atomic E-state index is -4.57. The Balaban J connectivity index is 4.52. The van der Waals surface area contributed by atoms with Crippen molar-refractivity contribution >= 4 is 31.5 Å². The van der Waals surface area contributed by atoms with Gasteiger partial charge in [0.25, 0.3) is 0 Å². The molecule has 11 nitrogen and oxygen atoms in total. The normalized spacial score (nSPS) is 13.2. The molecule has 338 valence electrons. The van der Waals surface area contributed by atoms with Gasteiger partial charge in [0.15, 0.2) is 6.10 Å². The van der Waals surface area contributed by atoms with Gasteiger partial charge in [0.2, 0.25) is 5.91 Å². The molecule has 1 unspecified atom stereocenters. The number of esters is 2. The van der Waals surface area contributed by atoms with E-state index in [1.165, 1.54) is 84.0 Å². The average Bonchev–Trinajstić information content (AvgIpc) is 3.19. The highest BCUT2D eigenvalue weighted by molar-refractivity contribution is 7.47. The summed E-state index contributed by atoms with van der Waals surface area (Å²) >= 11 is 0. The van der Waals surface area contributed by atoms with Gasteiger partial charge in [-0.2, -0.15) is 0 Å². The second kappa shape index (κ2) is 41.4. The molecular weight excluding hydrogens is 757 g/mol. The average molecular weight is 842 g/mol. The third kappa shape index (κ3) is 41.8. The summed E-state index contributed by atoms with van der Waals surface area (Å²) in [6.45, 7) is 4.66. The Bertz CT molecular complexity index is 1130. The summed E-state index contributed by atoms with van der Waals surface area (Å²) in [7, 11) is -4.57. The van der Waals surface area contributed by atoms with E-state index in [9.17, 15) is 28.6 Å². The van der Waals surface area contributed by atoms with Crippen LogP contribution < -0.4 is 5.32 Å². The first-order chi connectivity index (χ1) is 28.1. The largest absolute Gasteiger partial charge is 0.472 e. The number of carbonyl (C=O) groups is 4. The zero-order valence-electron chi connectivity index (χ0n) is 37.0. The van der Waals surface area contributed by atoms with E-state index < -0.39 is 32.5 Å². The van der Waals surface area contributed by atoms with Crippen LogP contribution in [-0.2, 0) is 42.3 Å². The lowest BCUT2D eigenvalue weighted by Gasteiger charge is -2.20. The van der Waals surface area contributed by atoms with Crippen LogP contribution in [0.4, 0.5) is 0 Å². The van der Waals surface area contributed by atoms with Gasteiger partial charge >= 0.3 is 19.8 Å². The molecule has 0 fully saturated rings. The topological polar surface area (TPSA) is 155 Å². The number of phosphoric ester groups is 1. The molecule has 0 aromatic heterocycles. The molecule has 2 atom stereocenters. The number of nitrogens with one attached hydrogen (secondary N) is 1. The van der Waals surface area contributed by atoms with Crippen molar-refractivity contribution in [1.82, 2.24) is 5.32 Å². The van der Waals surface area contributed by atoms with Crippen LogP contribution in [0.3, 0.4) is 0 Å². The monoisotopic (exact) mass is 842 g/mol. The predicted octanol–water partition coefficient (Wildman–Crippen LogP) is 12.1. The van der Waals surface area contributed by atoms with Gasteiger partial charge in [0, 0.05) is 32.2 Å². The summed E-state index contributed by atoms with van der Waals surface area (Å²) in [6.07, 6.45) is 38.5. The van der Waals surface area contributed by atoms with E-state index >= 15 is 0 Å². The first-order valence-corrected chi connectivity index (χ1v) is 24.6. The van der Waals surface area contributed by atoms with Crippen LogP contribution >= 0.6 is 7.82 Å². The van der Waals surface area contributed by atoms with Crippen molar-refractivity contribution in [2.24, 2.45) is 0 Å². The van der Waals surface area contributed by atoms with E-state index in [1.54, 1.807) is 0 Å². The van der Waals surface area contributed by atoms with Crippen LogP contribution in [0.15, 0.2) is 24.3 Å². The number of carbonyl (C=O) groups excluding carboxylic acids is 4. The molecule has 2 N–H and O–H groups in total. The van der Waals surface area contributed by atoms with Crippen molar-refractivity contribution in [3.05, 3.63) is 24.3 Å². The zero-order valence-corrected chi connectivity index (χ0v) is 37.9. The van der Waals surface area contributed by atoms with E-state index in [-0.39, 0.29) is 57.1 Å². The van der Waals surface area contributed by atoms with Gasteiger partial charge in [-0.3, -0.25) is 23.4 Å². The second-order valence-corrected chi connectivity index (χ2v) is 17.1. The molecule has 0 rings (SSSR count). The summed E-state index contributed by atoms with van der Waals surface area (Å²) < 4.78 is 33.4. The Labute approximate surface area is 353 Å². The Kier molecular flexibility index (Phi) is 39.7. The predicted molar refractivity (Wildman–Crippen MR) is 234 cm³/mol. The molecule has 0 aliphatic rings. The molecule has 0 saturated carbocycles. The van der Waals surface area contributed by atoms with Gasteiger partial charge in [0.1, 0.15) is 12.4 Å². The summed E-state index contributed by atoms with van der Waals surface area (Å²) in [5.74, 6) is -1.42. The van der Waals surface area contributed by atoms with Gasteiger partial charge in [-0.05, 0) is 71.1 Å². The third-order valence-electron chi connectivity index (χ3n) is 9.82. The Hall–Kier alpha value is -2.33. The molecule has 1 amide bonds. The molecule has 0 bridgehead atoms. The van der Waals surface area contributed by atoms with Crippen LogP contribution in [0.1, 0.15) is 213 Å². The first kappa shape index (κ1) is 55.7. The van der Waals surface area contributed by atoms with Gasteiger partial charge in [-0.1, -0.05) is 141 Å². The lowest BCUT2D eigenvalue weighted by Crippen LogP contribution is -2.30. The van der Waals surface area contributed by atoms with Crippen molar-refractivity contribution in [2.45, 2.75) is 219 Å². The van der Waals surface area contributed by atoms with E-state index in [1.807, 2.05) is 0 Å². The van der Waals surface area contributed by atoms with E-state index in [0.29, 0.717) is 12.8 Å². The maximum Gasteiger partial charge on any atom is 0.472 e. The highest BCUT2D eigenvalue weighted by Gasteiger charge is 2.26. The Morgan fingerprint density at radius 2 is 0.983 bits per heavy atom. The van der Waals surface area contributed by atoms with Gasteiger partial charge in [-0.25, -0.2) is 4.57 Å². The lowest BCUT2D eigenvalue weighted by molar-refractivity contribution is -0.161. The summed E-state index contributed by atoms with van der Waals surface area (Å²) in [5, 5.41) is 2.50. The minimum absolute atomic E-state index is 0.0165. The standard InChI is InChI=1S/C46H84NO10P/c1-4-6-8-10-12-14-16-18-20-22-24-26-28-30-32-34-45(50)54-40-43(41-56-58(52,53)55-39-38-47-44(49)37-36-42(3)48)57-46(51)35-33-31-29-27-25-23-21-19-17-15-13-11-9-7-5-2/h18-21,43H,4-17,22-41H2,1-3H3,(H,47,49)(H,52,53)/b20-18-,21-19-/t43-/m1/s1. The highest BCUT2D eigenvalue weighted by Crippen LogP contribution is 2.43. The van der Waals surface area contributed by atoms with Crippen molar-refractivity contribution in [1.29, 1.82) is 0 Å². The number of rotatable bonds is 43. The molecule has 0 saturated heterocycles. The van der Waals surface area contributed by atoms with Gasteiger partial charge < -0.3 is 24.5 Å². The number of unbranched alkanes of at least 4 members (excludes halogenated alkanes) is 22. The van der Waals surface area contributed by atoms with Crippen LogP contribution in [0.5, 0.6) is 0 Å². The smallest absolute Gasteiger partial charge is 0.462 e. The second-order valence-electron chi connectivity index (χ2n) is 15.6. The molecule has 0 radical (unpaired) electrons. The molecule has 12 heteroatoms. The molecule has 58 heavy (non-hydrogen) atoms. The van der Waals surface area contributed by atoms with E-state index in [0.717, 1.165) is 77.0 Å². The summed E-state index contributed by atoms with van der Waals surface area (Å²) in [4.78, 5) is 58.2. The lowest BCUT2D eigenvalue weighted by atomic mass is 10.1. The molecule has 0 aromatic carbocycles. The van der Waals surface area contributed by atoms with Crippen LogP contribution in [0, 0.1) is 0 Å². The molecule has 0 heterocycles. The van der Waals surface area contributed by atoms with Gasteiger partial charge in [0.05, 0.1) is 13.2 Å². The van der Waals surface area contributed by atoms with Crippen molar-refractivity contribution in [3.8, 4) is 0 Å². The van der Waals surface area contributed by atoms with Crippen LogP contribution in [-0.4, -0.2) is 61.0 Å². The number of phosphoric acid groups is 1. The van der Waals surface area contributed by atoms with Crippen LogP contribution in [0.25, 0.3) is 0 Å². The number of Topliss-reactive ketones (excluding diaryl/α,β-unsaturated/α-hetero) is 1. The Morgan fingerprint density at radius 3 is 1.45 bits per heavy atom. The van der Waals surface area contributed by atoms with E-state index in [2.05, 4.69) is 43.5 Å². The maximum absolute atomic E-state index is 12.7. The quantitative estimate of drug-likeness (QED) is 0.0262. The number of hydrogen-bond acceptors (Lipinski definition) is 9. The summed E-state index contributed by atoms with van der Waals surface area (Å²) in [6, 6.07) is 0. The molecule has 0 aliphatic heterocycles.